The van der Waals surface area contributed by atoms with Crippen LogP contribution in [0.25, 0.3) is 0 Å². The minimum atomic E-state index is -1.04. The standard InChI is InChI=1S/C32H28Cl2N4O5/c1-19-8-3-5-12-25(19)36-29(39)22-9-4-6-13-26(22)37-32(42)38-27(31(41)43-2)18-20-14-16-21(17-15-20)35-30(40)28-23(33)10-7-11-24(28)34/h3-17,27H,18H2,1-2H3,(H,35,40)(H,36,39)(H2,37,38,42). The van der Waals surface area contributed by atoms with Crippen LogP contribution in [0.2, 0.25) is 10.0 Å². The zero-order valence-corrected chi connectivity index (χ0v) is 24.8. The molecule has 0 fully saturated rings. The smallest absolute Gasteiger partial charge is 0.328 e. The van der Waals surface area contributed by atoms with Gasteiger partial charge in [0.05, 0.1) is 34.0 Å². The van der Waals surface area contributed by atoms with E-state index in [0.29, 0.717) is 16.9 Å². The molecule has 0 bridgehead atoms. The third kappa shape index (κ3) is 8.12. The maximum Gasteiger partial charge on any atom is 0.328 e. The van der Waals surface area contributed by atoms with Gasteiger partial charge < -0.3 is 26.0 Å². The van der Waals surface area contributed by atoms with E-state index in [-0.39, 0.29) is 33.3 Å². The van der Waals surface area contributed by atoms with Crippen LogP contribution in [0.3, 0.4) is 0 Å². The van der Waals surface area contributed by atoms with Crippen molar-refractivity contribution in [3.8, 4) is 0 Å². The van der Waals surface area contributed by atoms with Crippen LogP contribution in [0, 0.1) is 6.92 Å². The first-order valence-corrected chi connectivity index (χ1v) is 13.9. The minimum absolute atomic E-state index is 0.0973. The molecule has 0 radical (unpaired) electrons. The van der Waals surface area contributed by atoms with Crippen molar-refractivity contribution in [1.29, 1.82) is 0 Å². The topological polar surface area (TPSA) is 126 Å². The molecule has 4 rings (SSSR count). The van der Waals surface area contributed by atoms with Crippen LogP contribution >= 0.6 is 23.2 Å². The maximum atomic E-state index is 13.0. The summed E-state index contributed by atoms with van der Waals surface area (Å²) < 4.78 is 4.90. The fourth-order valence-electron chi connectivity index (χ4n) is 4.21. The average Bonchev–Trinajstić information content (AvgIpc) is 2.98. The second-order valence-corrected chi connectivity index (χ2v) is 10.3. The van der Waals surface area contributed by atoms with Crippen molar-refractivity contribution in [3.05, 3.63) is 123 Å². The molecule has 4 aromatic rings. The van der Waals surface area contributed by atoms with Gasteiger partial charge in [-0.25, -0.2) is 9.59 Å². The van der Waals surface area contributed by atoms with E-state index in [9.17, 15) is 19.2 Å². The lowest BCUT2D eigenvalue weighted by molar-refractivity contribution is -0.142. The van der Waals surface area contributed by atoms with Crippen LogP contribution in [0.15, 0.2) is 91.0 Å². The van der Waals surface area contributed by atoms with Gasteiger partial charge in [-0.15, -0.1) is 0 Å². The van der Waals surface area contributed by atoms with Crippen LogP contribution in [0.1, 0.15) is 31.8 Å². The number of para-hydroxylation sites is 2. The molecule has 4 aromatic carbocycles. The van der Waals surface area contributed by atoms with Gasteiger partial charge in [-0.1, -0.05) is 71.7 Å². The van der Waals surface area contributed by atoms with E-state index in [1.54, 1.807) is 72.8 Å². The molecule has 220 valence electrons. The lowest BCUT2D eigenvalue weighted by Gasteiger charge is -2.18. The molecule has 0 aromatic heterocycles. The number of esters is 1. The van der Waals surface area contributed by atoms with E-state index in [4.69, 9.17) is 27.9 Å². The number of ether oxygens (including phenoxy) is 1. The number of carbonyl (C=O) groups is 4. The molecular formula is C32H28Cl2N4O5. The Labute approximate surface area is 258 Å². The number of rotatable bonds is 9. The van der Waals surface area contributed by atoms with E-state index in [1.807, 2.05) is 25.1 Å². The van der Waals surface area contributed by atoms with Gasteiger partial charge in [0.2, 0.25) is 0 Å². The van der Waals surface area contributed by atoms with Gasteiger partial charge in [0.1, 0.15) is 6.04 Å². The number of amides is 4. The number of halogens is 2. The number of aryl methyl sites for hydroxylation is 1. The summed E-state index contributed by atoms with van der Waals surface area (Å²) in [5.74, 6) is -1.54. The van der Waals surface area contributed by atoms with Gasteiger partial charge in [-0.3, -0.25) is 9.59 Å². The Hall–Kier alpha value is -4.86. The highest BCUT2D eigenvalue weighted by Crippen LogP contribution is 2.25. The largest absolute Gasteiger partial charge is 0.467 e. The number of nitrogens with one attached hydrogen (secondary N) is 4. The van der Waals surface area contributed by atoms with Gasteiger partial charge in [-0.2, -0.15) is 0 Å². The maximum absolute atomic E-state index is 13.0. The van der Waals surface area contributed by atoms with Crippen molar-refractivity contribution in [1.82, 2.24) is 5.32 Å². The predicted octanol–water partition coefficient (Wildman–Crippen LogP) is 6.71. The Morgan fingerprint density at radius 3 is 2.00 bits per heavy atom. The van der Waals surface area contributed by atoms with E-state index >= 15 is 0 Å². The van der Waals surface area contributed by atoms with Crippen LogP contribution < -0.4 is 21.3 Å². The summed E-state index contributed by atoms with van der Waals surface area (Å²) in [5, 5.41) is 11.3. The number of methoxy groups -OCH3 is 1. The number of hydrogen-bond donors (Lipinski definition) is 4. The molecule has 0 aliphatic rings. The molecule has 1 unspecified atom stereocenters. The van der Waals surface area contributed by atoms with E-state index in [1.165, 1.54) is 7.11 Å². The third-order valence-corrected chi connectivity index (χ3v) is 7.08. The number of urea groups is 1. The highest BCUT2D eigenvalue weighted by molar-refractivity contribution is 6.40. The molecule has 0 saturated heterocycles. The first-order valence-electron chi connectivity index (χ1n) is 13.1. The zero-order valence-electron chi connectivity index (χ0n) is 23.2. The fraction of sp³-hybridized carbons (Fsp3) is 0.125. The Morgan fingerprint density at radius 2 is 1.35 bits per heavy atom. The summed E-state index contributed by atoms with van der Waals surface area (Å²) in [6.45, 7) is 1.88. The zero-order chi connectivity index (χ0) is 30.9. The van der Waals surface area contributed by atoms with Gasteiger partial charge in [-0.05, 0) is 60.5 Å². The summed E-state index contributed by atoms with van der Waals surface area (Å²) in [7, 11) is 1.22. The molecule has 0 saturated carbocycles. The fourth-order valence-corrected chi connectivity index (χ4v) is 4.78. The molecule has 11 heteroatoms. The Bertz CT molecular complexity index is 1640. The molecular weight excluding hydrogens is 591 g/mol. The molecule has 0 spiro atoms. The van der Waals surface area contributed by atoms with E-state index in [0.717, 1.165) is 5.56 Å². The van der Waals surface area contributed by atoms with Gasteiger partial charge in [0.25, 0.3) is 11.8 Å². The van der Waals surface area contributed by atoms with Crippen molar-refractivity contribution in [2.24, 2.45) is 0 Å². The second-order valence-electron chi connectivity index (χ2n) is 9.44. The SMILES string of the molecule is COC(=O)C(Cc1ccc(NC(=O)c2c(Cl)cccc2Cl)cc1)NC(=O)Nc1ccccc1C(=O)Nc1ccccc1C. The van der Waals surface area contributed by atoms with Gasteiger partial charge >= 0.3 is 12.0 Å². The molecule has 0 aliphatic heterocycles. The quantitative estimate of drug-likeness (QED) is 0.155. The van der Waals surface area contributed by atoms with Crippen molar-refractivity contribution < 1.29 is 23.9 Å². The first-order chi connectivity index (χ1) is 20.7. The Balaban J connectivity index is 1.41. The average molecular weight is 620 g/mol. The predicted molar refractivity (Wildman–Crippen MR) is 168 cm³/mol. The summed E-state index contributed by atoms with van der Waals surface area (Å²) in [5.41, 5.74) is 3.36. The van der Waals surface area contributed by atoms with Crippen LogP contribution in [0.4, 0.5) is 21.9 Å². The molecule has 0 aliphatic carbocycles. The number of carbonyl (C=O) groups excluding carboxylic acids is 4. The molecule has 43 heavy (non-hydrogen) atoms. The van der Waals surface area contributed by atoms with Crippen molar-refractivity contribution >= 4 is 64.1 Å². The number of anilines is 3. The normalized spacial score (nSPS) is 11.2. The summed E-state index contributed by atoms with van der Waals surface area (Å²) in [6.07, 6.45) is 0.0973. The second kappa shape index (κ2) is 14.4. The van der Waals surface area contributed by atoms with Crippen LogP contribution in [-0.4, -0.2) is 37.0 Å². The molecule has 0 heterocycles. The Kier molecular flexibility index (Phi) is 10.4. The molecule has 4 N–H and O–H groups in total. The Morgan fingerprint density at radius 1 is 0.721 bits per heavy atom. The highest BCUT2D eigenvalue weighted by Gasteiger charge is 2.23. The van der Waals surface area contributed by atoms with Gasteiger partial charge in [0.15, 0.2) is 0 Å². The van der Waals surface area contributed by atoms with Crippen LogP contribution in [0.5, 0.6) is 0 Å². The number of hydrogen-bond acceptors (Lipinski definition) is 5. The monoisotopic (exact) mass is 618 g/mol. The number of benzene rings is 4. The summed E-state index contributed by atoms with van der Waals surface area (Å²) in [4.78, 5) is 51.2. The van der Waals surface area contributed by atoms with Gasteiger partial charge in [0, 0.05) is 17.8 Å². The lowest BCUT2D eigenvalue weighted by atomic mass is 10.1. The van der Waals surface area contributed by atoms with Crippen LogP contribution in [-0.2, 0) is 16.0 Å². The third-order valence-electron chi connectivity index (χ3n) is 6.45. The first kappa shape index (κ1) is 31.1. The molecule has 4 amide bonds. The van der Waals surface area contributed by atoms with Crippen molar-refractivity contribution in [2.45, 2.75) is 19.4 Å². The van der Waals surface area contributed by atoms with Crippen molar-refractivity contribution in [2.75, 3.05) is 23.1 Å². The molecule has 9 nitrogen and oxygen atoms in total. The van der Waals surface area contributed by atoms with E-state index in [2.05, 4.69) is 21.3 Å². The van der Waals surface area contributed by atoms with E-state index < -0.39 is 29.9 Å². The highest BCUT2D eigenvalue weighted by atomic mass is 35.5. The van der Waals surface area contributed by atoms with Crippen molar-refractivity contribution in [3.63, 3.8) is 0 Å². The lowest BCUT2D eigenvalue weighted by Crippen LogP contribution is -2.45. The minimum Gasteiger partial charge on any atom is -0.467 e. The molecule has 1 atom stereocenters. The summed E-state index contributed by atoms with van der Waals surface area (Å²) in [6, 6.07) is 23.6. The summed E-state index contributed by atoms with van der Waals surface area (Å²) >= 11 is 12.2.